The van der Waals surface area contributed by atoms with Crippen LogP contribution in [0.3, 0.4) is 0 Å². The van der Waals surface area contributed by atoms with Crippen LogP contribution in [0.2, 0.25) is 0 Å². The van der Waals surface area contributed by atoms with Crippen LogP contribution in [0.5, 0.6) is 0 Å². The fraction of sp³-hybridized carbons (Fsp3) is 0.258. The van der Waals surface area contributed by atoms with E-state index in [-0.39, 0.29) is 4.90 Å². The predicted molar refractivity (Wildman–Crippen MR) is 234 cm³/mol. The van der Waals surface area contributed by atoms with Crippen LogP contribution in [0.25, 0.3) is 10.9 Å². The van der Waals surface area contributed by atoms with Crippen molar-refractivity contribution >= 4 is 124 Å². The molecule has 5 aromatic rings. The number of imidazole rings is 1. The highest BCUT2D eigenvalue weighted by Gasteiger charge is 2.25. The molecule has 7 rings (SSSR count). The monoisotopic (exact) mass is 795 g/mol. The summed E-state index contributed by atoms with van der Waals surface area (Å²) in [6.07, 6.45) is 8.01. The van der Waals surface area contributed by atoms with E-state index in [0.717, 1.165) is 65.9 Å². The van der Waals surface area contributed by atoms with Gasteiger partial charge in [0.1, 0.15) is 0 Å². The Hall–Kier alpha value is -3.69. The van der Waals surface area contributed by atoms with Gasteiger partial charge in [-0.2, -0.15) is 4.73 Å². The lowest BCUT2D eigenvalue weighted by atomic mass is 8.58. The number of H-pyrrole nitrogens is 1. The molecule has 0 unspecified atom stereocenters. The SMILES string of the molecule is CS(=O)(=O)c1ccc2c(c1)N(Cc1cnc[nH]1)CC2.CS(=O)(=O)c1ccc2c(c1)NCC2.CS(=O)(=O)c1ccc2ccn(O)c2c1.[B]B([B])B(B([B])[B])B([B])[B]. The molecule has 3 aromatic carbocycles. The zero-order chi connectivity index (χ0) is 41.6. The van der Waals surface area contributed by atoms with Crippen LogP contribution in [-0.4, -0.2) is 149 Å². The third kappa shape index (κ3) is 12.2. The van der Waals surface area contributed by atoms with E-state index in [9.17, 15) is 30.5 Å². The number of nitrogens with one attached hydrogen (secondary N) is 2. The number of aromatic amines is 1. The first-order chi connectivity index (χ1) is 26.1. The van der Waals surface area contributed by atoms with Gasteiger partial charge in [0.15, 0.2) is 29.5 Å². The van der Waals surface area contributed by atoms with Crippen molar-refractivity contribution < 1.29 is 30.5 Å². The minimum atomic E-state index is -3.21. The summed E-state index contributed by atoms with van der Waals surface area (Å²) >= 11 is 0. The first kappa shape index (κ1) is 45.0. The van der Waals surface area contributed by atoms with Gasteiger partial charge in [-0.1, -0.05) is 18.2 Å². The fourth-order valence-electron chi connectivity index (χ4n) is 5.99. The van der Waals surface area contributed by atoms with Crippen molar-refractivity contribution in [1.29, 1.82) is 0 Å². The van der Waals surface area contributed by atoms with E-state index >= 15 is 0 Å². The van der Waals surface area contributed by atoms with Gasteiger partial charge in [-0.3, -0.25) is 0 Å². The number of aromatic nitrogens is 3. The second kappa shape index (κ2) is 18.7. The van der Waals surface area contributed by atoms with E-state index in [1.807, 2.05) is 12.1 Å². The standard InChI is InChI=1S/C13H15N3O2S.C9H9NO3S.C9H11NO2S.B10/c1-19(17,18)12-3-2-10-4-5-16(13(10)6-12)8-11-7-14-9-15-11;1-14(12,13)8-3-2-7-4-5-10(11)9(7)6-8;1-13(11,12)8-3-2-7-4-5-10-9(7)6-8;1-7(2)10(8(3)4)9(5)6/h2-3,6-7,9H,4-5,8H2,1H3,(H,14,15);2-6,11H,1H3;2-3,6,10H,4-5H2,1H3;. The van der Waals surface area contributed by atoms with Crippen molar-refractivity contribution in [3.8, 4) is 0 Å². The van der Waals surface area contributed by atoms with E-state index in [1.165, 1.54) is 42.0 Å². The van der Waals surface area contributed by atoms with Crippen molar-refractivity contribution in [2.75, 3.05) is 42.1 Å². The molecule has 0 bridgehead atoms. The quantitative estimate of drug-likeness (QED) is 0.143. The molecule has 12 radical (unpaired) electrons. The second-order valence-corrected chi connectivity index (χ2v) is 19.6. The van der Waals surface area contributed by atoms with Crippen molar-refractivity contribution in [2.45, 2.75) is 34.1 Å². The van der Waals surface area contributed by atoms with Gasteiger partial charge in [0, 0.05) is 133 Å². The van der Waals surface area contributed by atoms with Crippen molar-refractivity contribution in [3.63, 3.8) is 0 Å². The van der Waals surface area contributed by atoms with E-state index < -0.39 is 55.1 Å². The van der Waals surface area contributed by atoms with Gasteiger partial charge < -0.3 is 20.4 Å². The van der Waals surface area contributed by atoms with Gasteiger partial charge in [-0.15, -0.1) is 0 Å². The van der Waals surface area contributed by atoms with Crippen LogP contribution >= 0.6 is 0 Å². The number of fused-ring (bicyclic) bond motifs is 3. The normalized spacial score (nSPS) is 13.0. The molecule has 0 saturated carbocycles. The van der Waals surface area contributed by atoms with Gasteiger partial charge in [0.25, 0.3) is 0 Å². The van der Waals surface area contributed by atoms with Crippen LogP contribution in [0, 0.1) is 0 Å². The Kier molecular flexibility index (Phi) is 15.0. The molecule has 0 spiro atoms. The maximum Gasteiger partial charge on any atom is 0.175 e. The highest BCUT2D eigenvalue weighted by molar-refractivity contribution is 8.00. The Bertz CT molecular complexity index is 2440. The summed E-state index contributed by atoms with van der Waals surface area (Å²) in [6.45, 7) is 2.53. The molecular weight excluding hydrogens is 759 g/mol. The molecule has 56 heavy (non-hydrogen) atoms. The lowest BCUT2D eigenvalue weighted by Gasteiger charge is -2.23. The van der Waals surface area contributed by atoms with Gasteiger partial charge in [-0.25, -0.2) is 30.2 Å². The highest BCUT2D eigenvalue weighted by atomic mass is 32.2. The largest absolute Gasteiger partial charge is 0.428 e. The topological polar surface area (TPSA) is 172 Å². The third-order valence-corrected chi connectivity index (χ3v) is 12.3. The number of anilines is 2. The molecule has 2 aromatic heterocycles. The molecule has 0 aliphatic carbocycles. The average molecular weight is 794 g/mol. The van der Waals surface area contributed by atoms with E-state index in [1.54, 1.807) is 48.9 Å². The van der Waals surface area contributed by atoms with Crippen molar-refractivity contribution in [3.05, 3.63) is 96.2 Å². The van der Waals surface area contributed by atoms with Gasteiger partial charge in [0.05, 0.1) is 38.8 Å². The molecule has 0 fully saturated rings. The molecule has 25 heteroatoms. The summed E-state index contributed by atoms with van der Waals surface area (Å²) in [7, 11) is 22.3. The molecule has 2 aliphatic heterocycles. The minimum Gasteiger partial charge on any atom is -0.428 e. The van der Waals surface area contributed by atoms with Crippen LogP contribution in [0.15, 0.2) is 94.1 Å². The summed E-state index contributed by atoms with van der Waals surface area (Å²) < 4.78 is 69.0. The van der Waals surface area contributed by atoms with Crippen LogP contribution < -0.4 is 10.2 Å². The number of hydrogen-bond acceptors (Lipinski definition) is 10. The van der Waals surface area contributed by atoms with Crippen LogP contribution in [0.4, 0.5) is 11.4 Å². The molecule has 3 N–H and O–H groups in total. The first-order valence-electron chi connectivity index (χ1n) is 17.2. The molecular formula is C31H35B10N5O7S3. The molecule has 0 amide bonds. The van der Waals surface area contributed by atoms with Gasteiger partial charge in [-0.05, 0) is 66.4 Å². The third-order valence-electron chi connectivity index (χ3n) is 9.02. The molecule has 12 nitrogen and oxygen atoms in total. The summed E-state index contributed by atoms with van der Waals surface area (Å²) in [4.78, 5) is 10.2. The maximum absolute atomic E-state index is 11.6. The molecule has 0 saturated heterocycles. The number of hydrogen-bond donors (Lipinski definition) is 3. The van der Waals surface area contributed by atoms with E-state index in [2.05, 4.69) is 20.2 Å². The maximum atomic E-state index is 11.6. The lowest BCUT2D eigenvalue weighted by molar-refractivity contribution is 0.200. The number of benzene rings is 3. The molecule has 4 heterocycles. The minimum absolute atomic E-state index is 0.207. The Balaban J connectivity index is 0.000000171. The van der Waals surface area contributed by atoms with E-state index in [4.69, 9.17) is 46.4 Å². The molecule has 274 valence electrons. The van der Waals surface area contributed by atoms with E-state index in [0.29, 0.717) is 15.3 Å². The Morgan fingerprint density at radius 2 is 1.29 bits per heavy atom. The predicted octanol–water partition coefficient (Wildman–Crippen LogP) is -0.0919. The van der Waals surface area contributed by atoms with Gasteiger partial charge >= 0.3 is 0 Å². The molecule has 0 atom stereocenters. The number of nitrogens with zero attached hydrogens (tertiary/aromatic N) is 3. The zero-order valence-electron chi connectivity index (χ0n) is 31.3. The highest BCUT2D eigenvalue weighted by Crippen LogP contribution is 2.31. The summed E-state index contributed by atoms with van der Waals surface area (Å²) in [5.74, 6) is 0. The zero-order valence-corrected chi connectivity index (χ0v) is 33.7. The van der Waals surface area contributed by atoms with Crippen LogP contribution in [-0.2, 0) is 48.9 Å². The van der Waals surface area contributed by atoms with Crippen molar-refractivity contribution in [1.82, 2.24) is 14.7 Å². The average Bonchev–Trinajstić information content (AvgIpc) is 3.92. The summed E-state index contributed by atoms with van der Waals surface area (Å²) in [5, 5.41) is 13.3. The summed E-state index contributed by atoms with van der Waals surface area (Å²) in [5.41, 5.74) is 5.89. The lowest BCUT2D eigenvalue weighted by Crippen LogP contribution is -2.62. The fourth-order valence-corrected chi connectivity index (χ4v) is 7.92. The first-order valence-corrected chi connectivity index (χ1v) is 22.9. The van der Waals surface area contributed by atoms with Gasteiger partial charge in [0.2, 0.25) is 0 Å². The number of rotatable bonds is 8. The second-order valence-electron chi connectivity index (χ2n) is 13.5. The van der Waals surface area contributed by atoms with Crippen LogP contribution in [0.1, 0.15) is 16.8 Å². The number of sulfone groups is 3. The Morgan fingerprint density at radius 1 is 0.732 bits per heavy atom. The Labute approximate surface area is 339 Å². The smallest absolute Gasteiger partial charge is 0.175 e. The summed E-state index contributed by atoms with van der Waals surface area (Å²) in [6, 6.07) is 17.0. The van der Waals surface area contributed by atoms with Crippen molar-refractivity contribution in [2.24, 2.45) is 0 Å². The molecule has 2 aliphatic rings. The Morgan fingerprint density at radius 3 is 1.82 bits per heavy atom.